The van der Waals surface area contributed by atoms with E-state index in [0.29, 0.717) is 22.6 Å². The number of nitrogens with one attached hydrogen (secondary N) is 1. The quantitative estimate of drug-likeness (QED) is 0.721. The van der Waals surface area contributed by atoms with Crippen molar-refractivity contribution in [2.75, 3.05) is 5.32 Å². The van der Waals surface area contributed by atoms with E-state index >= 15 is 0 Å². The summed E-state index contributed by atoms with van der Waals surface area (Å²) >= 11 is 0. The van der Waals surface area contributed by atoms with Crippen molar-refractivity contribution >= 4 is 17.6 Å². The van der Waals surface area contributed by atoms with Gasteiger partial charge in [0.15, 0.2) is 0 Å². The van der Waals surface area contributed by atoms with Crippen LogP contribution in [0.15, 0.2) is 36.7 Å². The van der Waals surface area contributed by atoms with Gasteiger partial charge in [-0.1, -0.05) is 6.07 Å². The van der Waals surface area contributed by atoms with Crippen molar-refractivity contribution < 1.29 is 14.7 Å². The summed E-state index contributed by atoms with van der Waals surface area (Å²) < 4.78 is 3.35. The summed E-state index contributed by atoms with van der Waals surface area (Å²) in [5.41, 5.74) is 2.96. The number of carboxylic acid groups (broad SMARTS) is 1. The Labute approximate surface area is 162 Å². The molecule has 3 aromatic rings. The molecule has 0 bridgehead atoms. The maximum Gasteiger partial charge on any atom is 0.339 e. The predicted molar refractivity (Wildman–Crippen MR) is 105 cm³/mol. The zero-order valence-electron chi connectivity index (χ0n) is 16.5. The molecule has 1 amide bonds. The highest BCUT2D eigenvalue weighted by Gasteiger charge is 2.21. The largest absolute Gasteiger partial charge is 0.478 e. The minimum atomic E-state index is -1.03. The molecular weight excluding hydrogens is 358 g/mol. The van der Waals surface area contributed by atoms with Crippen LogP contribution in [0.4, 0.5) is 5.69 Å². The first-order valence-corrected chi connectivity index (χ1v) is 8.84. The average Bonchev–Trinajstić information content (AvgIpc) is 3.17. The molecule has 146 valence electrons. The van der Waals surface area contributed by atoms with Gasteiger partial charge in [0.25, 0.3) is 5.91 Å². The van der Waals surface area contributed by atoms with Gasteiger partial charge in [0, 0.05) is 11.4 Å². The third kappa shape index (κ3) is 3.53. The van der Waals surface area contributed by atoms with Crippen LogP contribution in [0, 0.1) is 13.8 Å². The van der Waals surface area contributed by atoms with Gasteiger partial charge < -0.3 is 10.4 Å². The van der Waals surface area contributed by atoms with Gasteiger partial charge in [0.2, 0.25) is 0 Å². The molecule has 28 heavy (non-hydrogen) atoms. The number of carboxylic acids is 1. The average molecular weight is 381 g/mol. The summed E-state index contributed by atoms with van der Waals surface area (Å²) in [4.78, 5) is 23.9. The third-order valence-electron chi connectivity index (χ3n) is 4.48. The maximum absolute atomic E-state index is 12.7. The summed E-state index contributed by atoms with van der Waals surface area (Å²) in [5.74, 6) is -1.28. The maximum atomic E-state index is 12.7. The van der Waals surface area contributed by atoms with Crippen molar-refractivity contribution in [3.05, 3.63) is 59.2 Å². The second-order valence-electron chi connectivity index (χ2n) is 7.59. The summed E-state index contributed by atoms with van der Waals surface area (Å²) in [6.07, 6.45) is 2.88. The number of benzene rings is 1. The van der Waals surface area contributed by atoms with Crippen molar-refractivity contribution in [1.82, 2.24) is 19.6 Å². The number of rotatable bonds is 4. The Morgan fingerprint density at radius 2 is 1.71 bits per heavy atom. The Morgan fingerprint density at radius 1 is 1.04 bits per heavy atom. The van der Waals surface area contributed by atoms with Crippen molar-refractivity contribution in [1.29, 1.82) is 0 Å². The molecule has 3 rings (SSSR count). The van der Waals surface area contributed by atoms with E-state index in [2.05, 4.69) is 15.5 Å². The first-order chi connectivity index (χ1) is 13.1. The van der Waals surface area contributed by atoms with Crippen LogP contribution in [-0.2, 0) is 5.54 Å². The summed E-state index contributed by atoms with van der Waals surface area (Å²) in [6, 6.07) is 7.08. The van der Waals surface area contributed by atoms with E-state index < -0.39 is 5.97 Å². The van der Waals surface area contributed by atoms with Crippen LogP contribution in [0.2, 0.25) is 0 Å². The van der Waals surface area contributed by atoms with Crippen LogP contribution in [-0.4, -0.2) is 36.5 Å². The lowest BCUT2D eigenvalue weighted by Gasteiger charge is -2.21. The minimum Gasteiger partial charge on any atom is -0.478 e. The second-order valence-corrected chi connectivity index (χ2v) is 7.59. The Kier molecular flexibility index (Phi) is 4.80. The molecule has 2 N–H and O–H groups in total. The number of hydrogen-bond acceptors (Lipinski definition) is 4. The Morgan fingerprint density at radius 3 is 2.29 bits per heavy atom. The van der Waals surface area contributed by atoms with Gasteiger partial charge in [0.1, 0.15) is 5.56 Å². The molecule has 0 spiro atoms. The summed E-state index contributed by atoms with van der Waals surface area (Å²) in [7, 11) is 0. The molecule has 0 saturated heterocycles. The number of aromatic carboxylic acids is 1. The first-order valence-electron chi connectivity index (χ1n) is 8.84. The number of nitrogens with zero attached hydrogens (tertiary/aromatic N) is 4. The zero-order valence-corrected chi connectivity index (χ0v) is 16.5. The number of amides is 1. The molecule has 1 aromatic carbocycles. The molecule has 8 heteroatoms. The van der Waals surface area contributed by atoms with Gasteiger partial charge in [-0.2, -0.15) is 10.2 Å². The molecule has 0 aliphatic carbocycles. The van der Waals surface area contributed by atoms with E-state index in [1.54, 1.807) is 37.4 Å². The summed E-state index contributed by atoms with van der Waals surface area (Å²) in [5, 5.41) is 20.5. The number of aromatic nitrogens is 4. The molecule has 0 radical (unpaired) electrons. The lowest BCUT2D eigenvalue weighted by atomic mass is 10.1. The SMILES string of the molecule is Cc1c(C(=O)O)cnn1-c1cccc(NC(=O)c2cnn(C(C)(C)C)c2C)c1. The van der Waals surface area contributed by atoms with Crippen LogP contribution in [0.3, 0.4) is 0 Å². The van der Waals surface area contributed by atoms with Crippen LogP contribution in [0.1, 0.15) is 52.9 Å². The normalized spacial score (nSPS) is 11.5. The Hall–Kier alpha value is -3.42. The van der Waals surface area contributed by atoms with Crippen molar-refractivity contribution in [3.63, 3.8) is 0 Å². The van der Waals surface area contributed by atoms with E-state index in [-0.39, 0.29) is 17.0 Å². The van der Waals surface area contributed by atoms with Gasteiger partial charge in [-0.15, -0.1) is 0 Å². The van der Waals surface area contributed by atoms with Crippen LogP contribution < -0.4 is 5.32 Å². The fourth-order valence-corrected chi connectivity index (χ4v) is 3.10. The summed E-state index contributed by atoms with van der Waals surface area (Å²) in [6.45, 7) is 9.62. The molecular formula is C20H23N5O3. The van der Waals surface area contributed by atoms with Crippen LogP contribution in [0.25, 0.3) is 5.69 Å². The van der Waals surface area contributed by atoms with Crippen LogP contribution in [0.5, 0.6) is 0 Å². The van der Waals surface area contributed by atoms with E-state index in [1.165, 1.54) is 10.9 Å². The third-order valence-corrected chi connectivity index (χ3v) is 4.48. The highest BCUT2D eigenvalue weighted by molar-refractivity contribution is 6.05. The smallest absolute Gasteiger partial charge is 0.339 e. The van der Waals surface area contributed by atoms with Gasteiger partial charge in [-0.25, -0.2) is 9.48 Å². The van der Waals surface area contributed by atoms with Gasteiger partial charge in [0.05, 0.1) is 34.9 Å². The molecule has 2 heterocycles. The lowest BCUT2D eigenvalue weighted by Crippen LogP contribution is -2.25. The second kappa shape index (κ2) is 6.95. The highest BCUT2D eigenvalue weighted by atomic mass is 16.4. The molecule has 0 aliphatic rings. The first kappa shape index (κ1) is 19.3. The number of carbonyl (C=O) groups is 2. The number of hydrogen-bond donors (Lipinski definition) is 2. The molecule has 0 unspecified atom stereocenters. The Bertz CT molecular complexity index is 1060. The topological polar surface area (TPSA) is 102 Å². The standard InChI is InChI=1S/C20H23N5O3/c1-12-17(19(27)28)11-21-24(12)15-8-6-7-14(9-15)23-18(26)16-10-22-25(13(16)2)20(3,4)5/h6-11H,1-5H3,(H,23,26)(H,27,28). The number of carbonyl (C=O) groups excluding carboxylic acids is 1. The van der Waals surface area contributed by atoms with E-state index in [0.717, 1.165) is 5.69 Å². The fraction of sp³-hybridized carbons (Fsp3) is 0.300. The van der Waals surface area contributed by atoms with Gasteiger partial charge in [-0.05, 0) is 52.8 Å². The minimum absolute atomic E-state index is 0.139. The van der Waals surface area contributed by atoms with E-state index in [1.807, 2.05) is 32.4 Å². The van der Waals surface area contributed by atoms with Gasteiger partial charge >= 0.3 is 5.97 Å². The monoisotopic (exact) mass is 381 g/mol. The molecule has 0 atom stereocenters. The van der Waals surface area contributed by atoms with Crippen molar-refractivity contribution in [2.45, 2.75) is 40.2 Å². The number of anilines is 1. The predicted octanol–water partition coefficient (Wildman–Crippen LogP) is 3.39. The fourth-order valence-electron chi connectivity index (χ4n) is 3.10. The molecule has 0 saturated carbocycles. The lowest BCUT2D eigenvalue weighted by molar-refractivity contribution is 0.0696. The molecule has 8 nitrogen and oxygen atoms in total. The van der Waals surface area contributed by atoms with E-state index in [9.17, 15) is 14.7 Å². The van der Waals surface area contributed by atoms with Crippen molar-refractivity contribution in [3.8, 4) is 5.69 Å². The Balaban J connectivity index is 1.87. The zero-order chi connectivity index (χ0) is 20.6. The van der Waals surface area contributed by atoms with Gasteiger partial charge in [-0.3, -0.25) is 9.48 Å². The highest BCUT2D eigenvalue weighted by Crippen LogP contribution is 2.21. The van der Waals surface area contributed by atoms with Crippen molar-refractivity contribution in [2.24, 2.45) is 0 Å². The molecule has 0 fully saturated rings. The van der Waals surface area contributed by atoms with E-state index in [4.69, 9.17) is 0 Å². The molecule has 0 aliphatic heterocycles. The molecule has 2 aromatic heterocycles. The van der Waals surface area contributed by atoms with Crippen LogP contribution >= 0.6 is 0 Å².